The molecule has 6 nitrogen and oxygen atoms in total. The molecule has 0 aliphatic carbocycles. The second-order valence-corrected chi connectivity index (χ2v) is 9.22. The van der Waals surface area contributed by atoms with Gasteiger partial charge in [-0.2, -0.15) is 13.2 Å². The summed E-state index contributed by atoms with van der Waals surface area (Å²) >= 11 is 0. The van der Waals surface area contributed by atoms with Crippen molar-refractivity contribution < 1.29 is 21.6 Å². The number of halogens is 3. The Balaban J connectivity index is 1.51. The maximum atomic E-state index is 12.7. The van der Waals surface area contributed by atoms with Crippen molar-refractivity contribution in [3.63, 3.8) is 0 Å². The Morgan fingerprint density at radius 2 is 1.59 bits per heavy atom. The third-order valence-electron chi connectivity index (χ3n) is 5.23. The van der Waals surface area contributed by atoms with Gasteiger partial charge in [0.15, 0.2) is 5.82 Å². The van der Waals surface area contributed by atoms with Gasteiger partial charge in [-0.25, -0.2) is 8.42 Å². The van der Waals surface area contributed by atoms with Crippen molar-refractivity contribution in [3.05, 3.63) is 66.2 Å². The van der Waals surface area contributed by atoms with Gasteiger partial charge in [0, 0.05) is 24.3 Å². The summed E-state index contributed by atoms with van der Waals surface area (Å²) < 4.78 is 65.8. The maximum absolute atomic E-state index is 12.7. The monoisotopic (exact) mass is 462 g/mol. The molecule has 1 aliphatic rings. The van der Waals surface area contributed by atoms with Gasteiger partial charge >= 0.3 is 6.18 Å². The number of aromatic nitrogens is 2. The highest BCUT2D eigenvalue weighted by atomic mass is 32.2. The minimum absolute atomic E-state index is 0.262. The van der Waals surface area contributed by atoms with E-state index in [4.69, 9.17) is 0 Å². The summed E-state index contributed by atoms with van der Waals surface area (Å²) in [6.07, 6.45) is -1.05. The molecule has 32 heavy (non-hydrogen) atoms. The first kappa shape index (κ1) is 22.1. The van der Waals surface area contributed by atoms with Crippen LogP contribution in [0.1, 0.15) is 24.8 Å². The summed E-state index contributed by atoms with van der Waals surface area (Å²) in [6.45, 7) is 1.91. The summed E-state index contributed by atoms with van der Waals surface area (Å²) in [5.41, 5.74) is 0.603. The van der Waals surface area contributed by atoms with Crippen LogP contribution in [0.2, 0.25) is 0 Å². The number of sulfonamides is 1. The number of hydrogen-bond acceptors (Lipinski definition) is 5. The van der Waals surface area contributed by atoms with E-state index in [0.717, 1.165) is 56.0 Å². The molecular formula is C22H21F3N4O2S. The van der Waals surface area contributed by atoms with E-state index in [9.17, 15) is 21.6 Å². The fraction of sp³-hybridized carbons (Fsp3) is 0.273. The molecule has 3 aromatic rings. The van der Waals surface area contributed by atoms with Gasteiger partial charge in [0.2, 0.25) is 0 Å². The average Bonchev–Trinajstić information content (AvgIpc) is 2.79. The standard InChI is InChI=1S/C22H21F3N4O2S/c23-22(24,25)17-7-9-19(10-8-17)32(30,31)28-18-6-4-5-16(15-18)20-11-12-21(27-26-20)29-13-2-1-3-14-29/h4-12,15,28H,1-3,13-14H2. The quantitative estimate of drug-likeness (QED) is 0.581. The van der Waals surface area contributed by atoms with Crippen LogP contribution in [0.3, 0.4) is 0 Å². The molecule has 0 amide bonds. The van der Waals surface area contributed by atoms with Crippen LogP contribution in [0.25, 0.3) is 11.3 Å². The van der Waals surface area contributed by atoms with Crippen LogP contribution < -0.4 is 9.62 Å². The van der Waals surface area contributed by atoms with E-state index in [1.165, 1.54) is 6.42 Å². The van der Waals surface area contributed by atoms with Crippen LogP contribution in [-0.2, 0) is 16.2 Å². The fourth-order valence-electron chi connectivity index (χ4n) is 3.55. The molecule has 2 aromatic carbocycles. The van der Waals surface area contributed by atoms with E-state index in [0.29, 0.717) is 11.3 Å². The van der Waals surface area contributed by atoms with Gasteiger partial charge in [-0.05, 0) is 67.8 Å². The van der Waals surface area contributed by atoms with E-state index in [-0.39, 0.29) is 10.6 Å². The van der Waals surface area contributed by atoms with Crippen molar-refractivity contribution in [3.8, 4) is 11.3 Å². The first-order chi connectivity index (χ1) is 15.2. The van der Waals surface area contributed by atoms with Gasteiger partial charge < -0.3 is 4.90 Å². The van der Waals surface area contributed by atoms with Gasteiger partial charge in [-0.3, -0.25) is 4.72 Å². The molecule has 4 rings (SSSR count). The molecule has 0 radical (unpaired) electrons. The fourth-order valence-corrected chi connectivity index (χ4v) is 4.60. The zero-order chi connectivity index (χ0) is 22.8. The first-order valence-electron chi connectivity index (χ1n) is 10.1. The molecule has 10 heteroatoms. The van der Waals surface area contributed by atoms with Gasteiger partial charge in [0.1, 0.15) is 0 Å². The predicted molar refractivity (Wildman–Crippen MR) is 116 cm³/mol. The molecule has 168 valence electrons. The van der Waals surface area contributed by atoms with Crippen LogP contribution in [0.5, 0.6) is 0 Å². The highest BCUT2D eigenvalue weighted by Gasteiger charge is 2.30. The molecule has 0 atom stereocenters. The van der Waals surface area contributed by atoms with E-state index in [1.54, 1.807) is 24.3 Å². The van der Waals surface area contributed by atoms with E-state index in [2.05, 4.69) is 19.8 Å². The Labute approximate surface area is 184 Å². The second kappa shape index (κ2) is 8.78. The Bertz CT molecular complexity index is 1180. The zero-order valence-electron chi connectivity index (χ0n) is 17.0. The first-order valence-corrected chi connectivity index (χ1v) is 11.6. The third kappa shape index (κ3) is 5.01. The number of rotatable bonds is 5. The van der Waals surface area contributed by atoms with Crippen molar-refractivity contribution in [2.45, 2.75) is 30.3 Å². The summed E-state index contributed by atoms with van der Waals surface area (Å²) in [4.78, 5) is 1.93. The number of benzene rings is 2. The van der Waals surface area contributed by atoms with Crippen molar-refractivity contribution in [1.82, 2.24) is 10.2 Å². The molecule has 0 spiro atoms. The summed E-state index contributed by atoms with van der Waals surface area (Å²) in [5, 5.41) is 8.58. The topological polar surface area (TPSA) is 75.2 Å². The highest BCUT2D eigenvalue weighted by Crippen LogP contribution is 2.30. The SMILES string of the molecule is O=S(=O)(Nc1cccc(-c2ccc(N3CCCCC3)nn2)c1)c1ccc(C(F)(F)F)cc1. The lowest BCUT2D eigenvalue weighted by atomic mass is 10.1. The number of hydrogen-bond donors (Lipinski definition) is 1. The highest BCUT2D eigenvalue weighted by molar-refractivity contribution is 7.92. The van der Waals surface area contributed by atoms with E-state index in [1.807, 2.05) is 12.1 Å². The van der Waals surface area contributed by atoms with Gasteiger partial charge in [0.05, 0.1) is 16.2 Å². The number of nitrogens with zero attached hydrogens (tertiary/aromatic N) is 3. The van der Waals surface area contributed by atoms with Crippen LogP contribution in [0.4, 0.5) is 24.7 Å². The average molecular weight is 462 g/mol. The van der Waals surface area contributed by atoms with Crippen LogP contribution in [-0.4, -0.2) is 31.7 Å². The lowest BCUT2D eigenvalue weighted by molar-refractivity contribution is -0.137. The van der Waals surface area contributed by atoms with Gasteiger partial charge in [0.25, 0.3) is 10.0 Å². The van der Waals surface area contributed by atoms with Crippen LogP contribution >= 0.6 is 0 Å². The third-order valence-corrected chi connectivity index (χ3v) is 6.63. The van der Waals surface area contributed by atoms with E-state index < -0.39 is 21.8 Å². The lowest BCUT2D eigenvalue weighted by Gasteiger charge is -2.27. The minimum Gasteiger partial charge on any atom is -0.355 e. The number of nitrogens with one attached hydrogen (secondary N) is 1. The molecule has 1 aliphatic heterocycles. The summed E-state index contributed by atoms with van der Waals surface area (Å²) in [5.74, 6) is 0.813. The van der Waals surface area contributed by atoms with Crippen LogP contribution in [0.15, 0.2) is 65.6 Å². The Kier molecular flexibility index (Phi) is 6.05. The predicted octanol–water partition coefficient (Wildman–Crippen LogP) is 4.95. The molecule has 1 aromatic heterocycles. The van der Waals surface area contributed by atoms with Crippen molar-refractivity contribution >= 4 is 21.5 Å². The molecular weight excluding hydrogens is 441 g/mol. The largest absolute Gasteiger partial charge is 0.416 e. The lowest BCUT2D eigenvalue weighted by Crippen LogP contribution is -2.30. The molecule has 0 saturated carbocycles. The van der Waals surface area contributed by atoms with Gasteiger partial charge in [-0.1, -0.05) is 12.1 Å². The number of piperidine rings is 1. The van der Waals surface area contributed by atoms with E-state index >= 15 is 0 Å². The van der Waals surface area contributed by atoms with Crippen LogP contribution in [0, 0.1) is 0 Å². The Morgan fingerprint density at radius 1 is 0.875 bits per heavy atom. The molecule has 0 bridgehead atoms. The minimum atomic E-state index is -4.53. The van der Waals surface area contributed by atoms with Crippen molar-refractivity contribution in [1.29, 1.82) is 0 Å². The zero-order valence-corrected chi connectivity index (χ0v) is 17.8. The Morgan fingerprint density at radius 3 is 2.22 bits per heavy atom. The smallest absolute Gasteiger partial charge is 0.355 e. The summed E-state index contributed by atoms with van der Waals surface area (Å²) in [6, 6.07) is 13.7. The normalized spacial score (nSPS) is 14.9. The van der Waals surface area contributed by atoms with Crippen molar-refractivity contribution in [2.24, 2.45) is 0 Å². The molecule has 2 heterocycles. The molecule has 1 fully saturated rings. The maximum Gasteiger partial charge on any atom is 0.416 e. The molecule has 0 unspecified atom stereocenters. The van der Waals surface area contributed by atoms with Crippen molar-refractivity contribution in [2.75, 3.05) is 22.7 Å². The molecule has 1 saturated heterocycles. The number of anilines is 2. The number of alkyl halides is 3. The second-order valence-electron chi connectivity index (χ2n) is 7.53. The summed E-state index contributed by atoms with van der Waals surface area (Å²) in [7, 11) is -4.06. The Hall–Kier alpha value is -3.14. The van der Waals surface area contributed by atoms with Gasteiger partial charge in [-0.15, -0.1) is 10.2 Å². The molecule has 1 N–H and O–H groups in total.